The summed E-state index contributed by atoms with van der Waals surface area (Å²) >= 11 is 0. The fourth-order valence-corrected chi connectivity index (χ4v) is 5.56. The fraction of sp³-hybridized carbons (Fsp3) is 0.231. The number of aromatic nitrogens is 8. The van der Waals surface area contributed by atoms with Gasteiger partial charge in [0.1, 0.15) is 24.2 Å². The van der Waals surface area contributed by atoms with Gasteiger partial charge in [-0.25, -0.2) is 29.5 Å². The summed E-state index contributed by atoms with van der Waals surface area (Å²) in [5, 5.41) is 29.3. The number of Topliss-reactive ketones (excluding diaryl/α,β-unsaturated/α-hetero) is 1. The van der Waals surface area contributed by atoms with Gasteiger partial charge in [0.2, 0.25) is 11.9 Å². The molecule has 0 aliphatic rings. The Kier molecular flexibility index (Phi) is 16.6. The maximum absolute atomic E-state index is 12.3. The molecule has 2 atom stereocenters. The molecule has 0 aliphatic heterocycles. The van der Waals surface area contributed by atoms with Gasteiger partial charge < -0.3 is 58.0 Å². The normalized spacial score (nSPS) is 11.5. The molecule has 6 rings (SSSR count). The number of aldehydes is 1. The number of fused-ring (bicyclic) bond motifs is 2. The van der Waals surface area contributed by atoms with Crippen LogP contribution in [0.15, 0.2) is 70.5 Å². The monoisotopic (exact) mass is 882 g/mol. The molecule has 0 aliphatic carbocycles. The van der Waals surface area contributed by atoms with E-state index in [0.717, 1.165) is 0 Å². The molecule has 25 nitrogen and oxygen atoms in total. The molecular formula is C39H42N14O11. The summed E-state index contributed by atoms with van der Waals surface area (Å²) < 4.78 is 0. The number of carboxylic acid groups (broad SMARTS) is 2. The summed E-state index contributed by atoms with van der Waals surface area (Å²) in [6.07, 6.45) is 3.67. The first kappa shape index (κ1) is 47.9. The highest BCUT2D eigenvalue weighted by Crippen LogP contribution is 2.14. The van der Waals surface area contributed by atoms with Crippen molar-refractivity contribution in [3.8, 4) is 0 Å². The summed E-state index contributed by atoms with van der Waals surface area (Å²) in [6.45, 7) is 1.87. The van der Waals surface area contributed by atoms with Crippen LogP contribution in [0.4, 0.5) is 23.3 Å². The average molecular weight is 883 g/mol. The van der Waals surface area contributed by atoms with Gasteiger partial charge in [-0.05, 0) is 68.3 Å². The first-order valence-corrected chi connectivity index (χ1v) is 18.8. The molecule has 0 spiro atoms. The number of H-pyrrole nitrogens is 2. The largest absolute Gasteiger partial charge is 0.480 e. The Bertz CT molecular complexity index is 2780. The molecule has 14 N–H and O–H groups in total. The van der Waals surface area contributed by atoms with Crippen LogP contribution in [-0.2, 0) is 32.3 Å². The van der Waals surface area contributed by atoms with Crippen LogP contribution in [0, 0.1) is 0 Å². The number of carboxylic acids is 2. The van der Waals surface area contributed by atoms with Gasteiger partial charge in [-0.2, -0.15) is 9.97 Å². The highest BCUT2D eigenvalue weighted by molar-refractivity contribution is 5.97. The number of carbonyl (C=O) groups excluding carboxylic acids is 4. The van der Waals surface area contributed by atoms with Crippen molar-refractivity contribution in [1.29, 1.82) is 0 Å². The van der Waals surface area contributed by atoms with Crippen molar-refractivity contribution in [3.63, 3.8) is 0 Å². The van der Waals surface area contributed by atoms with Gasteiger partial charge in [-0.15, -0.1) is 0 Å². The number of benzene rings is 2. The Morgan fingerprint density at radius 1 is 0.672 bits per heavy atom. The summed E-state index contributed by atoms with van der Waals surface area (Å²) in [6, 6.07) is 10.4. The highest BCUT2D eigenvalue weighted by Gasteiger charge is 2.22. The number of nitrogens with zero attached hydrogens (tertiary/aromatic N) is 6. The maximum Gasteiger partial charge on any atom is 0.326 e. The standard InChI is InChI=1S/C20H21N7O5.C19H19N7O5.H2O/c1-10(28)2-7-14(19(31)32)25-17(29)11-3-5-12(6-4-11)22-8-13-9-23-16-15(24-13)18(30)27-20(21)26-16;20-19-25-15-14(17(29)26-19)23-12(9-22-15)8-21-11-5-3-10(4-6-11)16(28)24-13(18(30)31)2-1-7-27;/h3-6,9,14,22H,2,7-8H2,1H3,(H,25,29)(H,31,32)(H3,21,23,26,27,30);3-7,9,13,21H,1-2,8H2,(H,24,28)(H,30,31)(H3,20,22,25,26,29);1H2. The lowest BCUT2D eigenvalue weighted by molar-refractivity contribution is -0.140. The number of hydrogen-bond acceptors (Lipinski definition) is 18. The summed E-state index contributed by atoms with van der Waals surface area (Å²) in [5.74, 6) is -3.76. The molecule has 0 saturated heterocycles. The smallest absolute Gasteiger partial charge is 0.326 e. The number of nitrogens with one attached hydrogen (secondary N) is 6. The van der Waals surface area contributed by atoms with E-state index in [1.165, 1.54) is 43.6 Å². The van der Waals surface area contributed by atoms with E-state index in [4.69, 9.17) is 16.6 Å². The number of hydrogen-bond donors (Lipinski definition) is 10. The zero-order chi connectivity index (χ0) is 45.6. The van der Waals surface area contributed by atoms with Gasteiger partial charge in [-0.1, -0.05) is 0 Å². The molecule has 0 fully saturated rings. The van der Waals surface area contributed by atoms with Crippen molar-refractivity contribution >= 4 is 81.4 Å². The molecule has 0 bridgehead atoms. The van der Waals surface area contributed by atoms with E-state index in [9.17, 15) is 43.5 Å². The predicted molar refractivity (Wildman–Crippen MR) is 229 cm³/mol. The Hall–Kier alpha value is -8.74. The topological polar surface area (TPSA) is 418 Å². The maximum atomic E-state index is 12.3. The highest BCUT2D eigenvalue weighted by atomic mass is 16.4. The van der Waals surface area contributed by atoms with Gasteiger partial charge in [0.15, 0.2) is 22.3 Å². The van der Waals surface area contributed by atoms with E-state index < -0.39 is 47.0 Å². The Morgan fingerprint density at radius 2 is 1.08 bits per heavy atom. The number of aliphatic carboxylic acids is 2. The van der Waals surface area contributed by atoms with Gasteiger partial charge >= 0.3 is 11.9 Å². The van der Waals surface area contributed by atoms with Crippen LogP contribution in [-0.4, -0.2) is 103 Å². The lowest BCUT2D eigenvalue weighted by atomic mass is 10.1. The molecule has 0 saturated carbocycles. The number of anilines is 4. The van der Waals surface area contributed by atoms with Gasteiger partial charge in [-0.3, -0.25) is 29.1 Å². The van der Waals surface area contributed by atoms with Gasteiger partial charge in [0.25, 0.3) is 22.9 Å². The second-order valence-corrected chi connectivity index (χ2v) is 13.5. The number of rotatable bonds is 18. The van der Waals surface area contributed by atoms with Crippen LogP contribution in [0.2, 0.25) is 0 Å². The second-order valence-electron chi connectivity index (χ2n) is 13.5. The zero-order valence-corrected chi connectivity index (χ0v) is 33.7. The third kappa shape index (κ3) is 13.4. The van der Waals surface area contributed by atoms with E-state index >= 15 is 0 Å². The van der Waals surface area contributed by atoms with Gasteiger partial charge in [0.05, 0.1) is 36.9 Å². The molecule has 4 aromatic heterocycles. The van der Waals surface area contributed by atoms with E-state index in [1.807, 2.05) is 0 Å². The van der Waals surface area contributed by atoms with Crippen molar-refractivity contribution in [2.24, 2.45) is 0 Å². The Balaban J connectivity index is 0.000000276. The van der Waals surface area contributed by atoms with E-state index in [-0.39, 0.29) is 95.4 Å². The molecule has 6 aromatic rings. The van der Waals surface area contributed by atoms with E-state index in [0.29, 0.717) is 29.0 Å². The van der Waals surface area contributed by atoms with Crippen molar-refractivity contribution in [3.05, 3.63) is 104 Å². The first-order chi connectivity index (χ1) is 30.1. The number of carbonyl (C=O) groups is 6. The molecule has 2 amide bonds. The number of ketones is 1. The average Bonchev–Trinajstić information content (AvgIpc) is 3.25. The first-order valence-electron chi connectivity index (χ1n) is 18.8. The Labute approximate surface area is 359 Å². The second kappa shape index (κ2) is 22.2. The third-order valence-corrected chi connectivity index (χ3v) is 8.78. The van der Waals surface area contributed by atoms with E-state index in [2.05, 4.69) is 61.1 Å². The van der Waals surface area contributed by atoms with Crippen LogP contribution < -0.4 is 43.9 Å². The minimum absolute atomic E-state index is 0. The van der Waals surface area contributed by atoms with Crippen LogP contribution in [0.5, 0.6) is 0 Å². The number of nitrogen functional groups attached to an aromatic ring is 2. The molecule has 334 valence electrons. The summed E-state index contributed by atoms with van der Waals surface area (Å²) in [7, 11) is 0. The number of aromatic amines is 2. The molecule has 64 heavy (non-hydrogen) atoms. The molecule has 2 aromatic carbocycles. The van der Waals surface area contributed by atoms with Crippen molar-refractivity contribution < 1.29 is 44.5 Å². The quantitative estimate of drug-likeness (QED) is 0.0495. The zero-order valence-electron chi connectivity index (χ0n) is 33.7. The van der Waals surface area contributed by atoms with Crippen molar-refractivity contribution in [2.75, 3.05) is 22.1 Å². The SMILES string of the molecule is CC(=O)CCC(NC(=O)c1ccc(NCc2cnc3nc(N)[nH]c(=O)c3n2)cc1)C(=O)O.Nc1nc2ncc(CNc3ccc(C(=O)NC(CCC=O)C(=O)O)cc3)nc2c(=O)[nH]1.O. The van der Waals surface area contributed by atoms with Crippen molar-refractivity contribution in [1.82, 2.24) is 50.5 Å². The summed E-state index contributed by atoms with van der Waals surface area (Å²) in [4.78, 5) is 122. The van der Waals surface area contributed by atoms with Gasteiger partial charge in [0, 0.05) is 35.3 Å². The van der Waals surface area contributed by atoms with Crippen LogP contribution >= 0.6 is 0 Å². The lowest BCUT2D eigenvalue weighted by Gasteiger charge is -2.14. The minimum Gasteiger partial charge on any atom is -0.480 e. The lowest BCUT2D eigenvalue weighted by Crippen LogP contribution is -2.41. The molecule has 0 radical (unpaired) electrons. The predicted octanol–water partition coefficient (Wildman–Crippen LogP) is -0.296. The minimum atomic E-state index is -1.21. The summed E-state index contributed by atoms with van der Waals surface area (Å²) in [5.41, 5.74) is 13.3. The van der Waals surface area contributed by atoms with Crippen LogP contribution in [0.1, 0.15) is 64.7 Å². The van der Waals surface area contributed by atoms with Crippen molar-refractivity contribution in [2.45, 2.75) is 57.8 Å². The van der Waals surface area contributed by atoms with Crippen LogP contribution in [0.3, 0.4) is 0 Å². The third-order valence-electron chi connectivity index (χ3n) is 8.78. The molecule has 25 heteroatoms. The number of amides is 2. The van der Waals surface area contributed by atoms with E-state index in [1.54, 1.807) is 24.3 Å². The molecular weight excluding hydrogens is 841 g/mol. The fourth-order valence-electron chi connectivity index (χ4n) is 5.56. The molecule has 2 unspecified atom stereocenters. The number of nitrogens with two attached hydrogens (primary N) is 2. The van der Waals surface area contributed by atoms with Crippen LogP contribution in [0.25, 0.3) is 22.3 Å². The Morgan fingerprint density at radius 3 is 1.45 bits per heavy atom. The molecule has 4 heterocycles.